The van der Waals surface area contributed by atoms with Crippen LogP contribution in [0.25, 0.3) is 0 Å². The first kappa shape index (κ1) is 22.7. The monoisotopic (exact) mass is 405 g/mol. The van der Waals surface area contributed by atoms with Gasteiger partial charge in [0.15, 0.2) is 9.84 Å². The average molecular weight is 406 g/mol. The molecule has 2 atom stereocenters. The van der Waals surface area contributed by atoms with Crippen LogP contribution in [0.2, 0.25) is 0 Å². The van der Waals surface area contributed by atoms with Gasteiger partial charge in [-0.2, -0.15) is 0 Å². The molecule has 0 aliphatic heterocycles. The molecule has 0 spiro atoms. The highest BCUT2D eigenvalue weighted by Gasteiger charge is 2.32. The van der Waals surface area contributed by atoms with E-state index in [1.165, 1.54) is 12.1 Å². The summed E-state index contributed by atoms with van der Waals surface area (Å²) >= 11 is 0. The minimum absolute atomic E-state index is 0. The van der Waals surface area contributed by atoms with Crippen LogP contribution in [0.5, 0.6) is 0 Å². The zero-order valence-corrected chi connectivity index (χ0v) is 16.8. The highest BCUT2D eigenvalue weighted by molar-refractivity contribution is 7.90. The largest absolute Gasteiger partial charge is 0.383 e. The van der Waals surface area contributed by atoms with Crippen LogP contribution in [-0.4, -0.2) is 47.4 Å². The molecule has 0 unspecified atom stereocenters. The first-order valence-electron chi connectivity index (χ1n) is 8.44. The Morgan fingerprint density at radius 2 is 2.04 bits per heavy atom. The number of carbonyl (C=O) groups excluding carboxylic acids is 1. The summed E-state index contributed by atoms with van der Waals surface area (Å²) in [7, 11) is -1.76. The van der Waals surface area contributed by atoms with Crippen molar-refractivity contribution in [1.29, 1.82) is 0 Å². The van der Waals surface area contributed by atoms with Crippen molar-refractivity contribution in [3.63, 3.8) is 0 Å². The number of nitrogens with one attached hydrogen (secondary N) is 2. The van der Waals surface area contributed by atoms with Crippen molar-refractivity contribution in [2.24, 2.45) is 17.6 Å². The highest BCUT2D eigenvalue weighted by Crippen LogP contribution is 2.33. The first-order valence-corrected chi connectivity index (χ1v) is 10.3. The Kier molecular flexibility index (Phi) is 8.82. The lowest BCUT2D eigenvalue weighted by Crippen LogP contribution is -2.30. The van der Waals surface area contributed by atoms with Crippen molar-refractivity contribution >= 4 is 39.5 Å². The molecule has 2 rings (SSSR count). The van der Waals surface area contributed by atoms with Gasteiger partial charge in [0.2, 0.25) is 5.91 Å². The number of ether oxygens (including phenoxy) is 1. The van der Waals surface area contributed by atoms with E-state index in [0.717, 1.165) is 25.5 Å². The molecule has 9 heteroatoms. The van der Waals surface area contributed by atoms with Crippen LogP contribution < -0.4 is 16.4 Å². The summed E-state index contributed by atoms with van der Waals surface area (Å²) in [4.78, 5) is 12.8. The van der Waals surface area contributed by atoms with Gasteiger partial charge >= 0.3 is 0 Å². The minimum atomic E-state index is -3.36. The number of rotatable bonds is 8. The van der Waals surface area contributed by atoms with Gasteiger partial charge in [0.1, 0.15) is 0 Å². The second-order valence-corrected chi connectivity index (χ2v) is 8.44. The second-order valence-electron chi connectivity index (χ2n) is 6.42. The molecular formula is C17H28ClN3O4S. The molecule has 26 heavy (non-hydrogen) atoms. The van der Waals surface area contributed by atoms with E-state index < -0.39 is 9.84 Å². The Morgan fingerprint density at radius 3 is 2.65 bits per heavy atom. The Morgan fingerprint density at radius 1 is 1.31 bits per heavy atom. The van der Waals surface area contributed by atoms with E-state index in [4.69, 9.17) is 10.5 Å². The van der Waals surface area contributed by atoms with Crippen molar-refractivity contribution in [3.05, 3.63) is 18.2 Å². The van der Waals surface area contributed by atoms with Crippen LogP contribution in [0.1, 0.15) is 19.3 Å². The van der Waals surface area contributed by atoms with E-state index >= 15 is 0 Å². The first-order chi connectivity index (χ1) is 11.9. The van der Waals surface area contributed by atoms with Crippen molar-refractivity contribution in [3.8, 4) is 0 Å². The zero-order chi connectivity index (χ0) is 18.4. The highest BCUT2D eigenvalue weighted by atomic mass is 35.5. The van der Waals surface area contributed by atoms with E-state index in [1.54, 1.807) is 13.2 Å². The average Bonchev–Trinajstić information content (AvgIpc) is 3.04. The number of hydrogen-bond donors (Lipinski definition) is 3. The van der Waals surface area contributed by atoms with E-state index in [2.05, 4.69) is 10.6 Å². The Hall–Kier alpha value is -1.35. The molecule has 0 saturated heterocycles. The maximum absolute atomic E-state index is 12.7. The molecule has 1 aliphatic carbocycles. The number of carbonyl (C=O) groups is 1. The normalized spacial score (nSPS) is 19.7. The number of hydrogen-bond acceptors (Lipinski definition) is 6. The zero-order valence-electron chi connectivity index (χ0n) is 15.2. The Labute approximate surface area is 161 Å². The molecule has 1 saturated carbocycles. The lowest BCUT2D eigenvalue weighted by Gasteiger charge is -2.20. The van der Waals surface area contributed by atoms with Crippen LogP contribution in [0.3, 0.4) is 0 Å². The summed E-state index contributed by atoms with van der Waals surface area (Å²) in [6.07, 6.45) is 3.90. The Balaban J connectivity index is 0.00000338. The number of amides is 1. The van der Waals surface area contributed by atoms with Gasteiger partial charge in [-0.25, -0.2) is 8.42 Å². The second kappa shape index (κ2) is 10.1. The molecule has 1 aliphatic rings. The molecule has 148 valence electrons. The Bertz CT molecular complexity index is 712. The van der Waals surface area contributed by atoms with Gasteiger partial charge in [0, 0.05) is 25.8 Å². The molecule has 1 fully saturated rings. The van der Waals surface area contributed by atoms with Crippen LogP contribution in [-0.2, 0) is 19.4 Å². The molecule has 0 bridgehead atoms. The number of benzene rings is 1. The molecule has 1 aromatic rings. The summed E-state index contributed by atoms with van der Waals surface area (Å²) < 4.78 is 28.7. The van der Waals surface area contributed by atoms with Crippen molar-refractivity contribution in [2.45, 2.75) is 24.2 Å². The standard InChI is InChI=1S/C17H27N3O4S.ClH/c1-24-9-8-19-15-7-6-13(25(2,22)23)10-16(15)20-17(21)14-5-3-4-12(14)11-18;/h6-7,10,12,14,19H,3-5,8-9,11,18H2,1-2H3,(H,20,21);1H/t12-,14-;/m1./s1. The molecule has 0 radical (unpaired) electrons. The van der Waals surface area contributed by atoms with Crippen LogP contribution in [0.4, 0.5) is 11.4 Å². The number of anilines is 2. The summed E-state index contributed by atoms with van der Waals surface area (Å²) in [5.74, 6) is -0.0462. The fourth-order valence-corrected chi connectivity index (χ4v) is 3.84. The lowest BCUT2D eigenvalue weighted by molar-refractivity contribution is -0.120. The topological polar surface area (TPSA) is 111 Å². The minimum Gasteiger partial charge on any atom is -0.383 e. The third-order valence-electron chi connectivity index (χ3n) is 4.60. The molecule has 1 aromatic carbocycles. The van der Waals surface area contributed by atoms with Gasteiger partial charge in [-0.1, -0.05) is 6.42 Å². The SMILES string of the molecule is COCCNc1ccc(S(C)(=O)=O)cc1NC(=O)[C@@H]1CCC[C@@H]1CN.Cl. The van der Waals surface area contributed by atoms with Gasteiger partial charge in [-0.15, -0.1) is 12.4 Å². The summed E-state index contributed by atoms with van der Waals surface area (Å²) in [5.41, 5.74) is 6.89. The molecule has 0 aromatic heterocycles. The third kappa shape index (κ3) is 5.84. The lowest BCUT2D eigenvalue weighted by atomic mass is 9.95. The van der Waals surface area contributed by atoms with E-state index in [-0.39, 0.29) is 35.0 Å². The summed E-state index contributed by atoms with van der Waals surface area (Å²) in [6.45, 7) is 1.53. The van der Waals surface area contributed by atoms with Crippen molar-refractivity contribution in [2.75, 3.05) is 43.7 Å². The third-order valence-corrected chi connectivity index (χ3v) is 5.71. The van der Waals surface area contributed by atoms with Crippen molar-refractivity contribution < 1.29 is 17.9 Å². The van der Waals surface area contributed by atoms with Crippen LogP contribution >= 0.6 is 12.4 Å². The van der Waals surface area contributed by atoms with E-state index in [1.807, 2.05) is 0 Å². The summed E-state index contributed by atoms with van der Waals surface area (Å²) in [5, 5.41) is 6.05. The summed E-state index contributed by atoms with van der Waals surface area (Å²) in [6, 6.07) is 4.68. The fraction of sp³-hybridized carbons (Fsp3) is 0.588. The quantitative estimate of drug-likeness (QED) is 0.569. The maximum Gasteiger partial charge on any atom is 0.227 e. The van der Waals surface area contributed by atoms with Crippen LogP contribution in [0, 0.1) is 11.8 Å². The number of sulfone groups is 1. The molecule has 7 nitrogen and oxygen atoms in total. The fourth-order valence-electron chi connectivity index (χ4n) is 3.19. The van der Waals surface area contributed by atoms with Gasteiger partial charge in [-0.05, 0) is 43.5 Å². The predicted molar refractivity (Wildman–Crippen MR) is 106 cm³/mol. The van der Waals surface area contributed by atoms with Crippen molar-refractivity contribution in [1.82, 2.24) is 0 Å². The number of halogens is 1. The molecule has 1 amide bonds. The maximum atomic E-state index is 12.7. The molecule has 4 N–H and O–H groups in total. The molecular weight excluding hydrogens is 378 g/mol. The van der Waals surface area contributed by atoms with Crippen LogP contribution in [0.15, 0.2) is 23.1 Å². The van der Waals surface area contributed by atoms with Gasteiger partial charge in [-0.3, -0.25) is 4.79 Å². The van der Waals surface area contributed by atoms with Gasteiger partial charge < -0.3 is 21.1 Å². The van der Waals surface area contributed by atoms with E-state index in [0.29, 0.717) is 31.1 Å². The molecule has 0 heterocycles. The van der Waals surface area contributed by atoms with Gasteiger partial charge in [0.05, 0.1) is 22.9 Å². The smallest absolute Gasteiger partial charge is 0.227 e. The van der Waals surface area contributed by atoms with E-state index in [9.17, 15) is 13.2 Å². The number of methoxy groups -OCH3 is 1. The van der Waals surface area contributed by atoms with Gasteiger partial charge in [0.25, 0.3) is 0 Å². The predicted octanol–water partition coefficient (Wildman–Crippen LogP) is 1.88. The number of nitrogens with two attached hydrogens (primary N) is 1.